The number of aryl methyl sites for hydroxylation is 1. The van der Waals surface area contributed by atoms with Crippen LogP contribution in [0.4, 0.5) is 13.2 Å². The Kier molecular flexibility index (Phi) is 5.03. The Morgan fingerprint density at radius 3 is 2.46 bits per heavy atom. The van der Waals surface area contributed by atoms with Crippen LogP contribution in [0.2, 0.25) is 0 Å². The summed E-state index contributed by atoms with van der Waals surface area (Å²) >= 11 is 0. The molecule has 0 saturated heterocycles. The number of alkyl halides is 3. The van der Waals surface area contributed by atoms with Crippen LogP contribution in [0.25, 0.3) is 10.9 Å². The maximum atomic E-state index is 13.0. The number of nitrogens with one attached hydrogen (secondary N) is 1. The van der Waals surface area contributed by atoms with E-state index in [-0.39, 0.29) is 12.0 Å². The minimum Gasteiger partial charge on any atom is -0.322 e. The maximum Gasteiger partial charge on any atom is 0.416 e. The quantitative estimate of drug-likeness (QED) is 0.678. The Morgan fingerprint density at radius 1 is 1.07 bits per heavy atom. The van der Waals surface area contributed by atoms with Crippen molar-refractivity contribution in [2.24, 2.45) is 0 Å². The molecule has 0 saturated carbocycles. The van der Waals surface area contributed by atoms with Gasteiger partial charge in [-0.25, -0.2) is 0 Å². The predicted molar refractivity (Wildman–Crippen MR) is 102 cm³/mol. The Labute approximate surface area is 160 Å². The SMILES string of the molecule is CCc1cc2ccc(C(C)(C#N)Cc3cccc(C(F)(F)F)c3)cc2[nH]c1=O. The molecular formula is C22H19F3N2O. The summed E-state index contributed by atoms with van der Waals surface area (Å²) < 4.78 is 38.9. The van der Waals surface area contributed by atoms with E-state index < -0.39 is 17.2 Å². The first-order valence-corrected chi connectivity index (χ1v) is 8.90. The van der Waals surface area contributed by atoms with Crippen LogP contribution in [-0.2, 0) is 24.4 Å². The van der Waals surface area contributed by atoms with E-state index in [2.05, 4.69) is 11.1 Å². The summed E-state index contributed by atoms with van der Waals surface area (Å²) in [6, 6.07) is 14.4. The van der Waals surface area contributed by atoms with Crippen molar-refractivity contribution in [3.05, 3.63) is 81.1 Å². The summed E-state index contributed by atoms with van der Waals surface area (Å²) in [6.07, 6.45) is -3.70. The number of hydrogen-bond acceptors (Lipinski definition) is 2. The smallest absolute Gasteiger partial charge is 0.322 e. The van der Waals surface area contributed by atoms with Crippen molar-refractivity contribution in [3.63, 3.8) is 0 Å². The van der Waals surface area contributed by atoms with E-state index in [9.17, 15) is 23.2 Å². The molecular weight excluding hydrogens is 365 g/mol. The van der Waals surface area contributed by atoms with Crippen LogP contribution < -0.4 is 5.56 Å². The number of nitriles is 1. The zero-order chi connectivity index (χ0) is 20.5. The Balaban J connectivity index is 2.02. The van der Waals surface area contributed by atoms with Crippen LogP contribution in [-0.4, -0.2) is 4.98 Å². The lowest BCUT2D eigenvalue weighted by Crippen LogP contribution is -2.23. The Morgan fingerprint density at radius 2 is 1.82 bits per heavy atom. The number of aromatic amines is 1. The van der Waals surface area contributed by atoms with Crippen LogP contribution in [0.1, 0.15) is 36.1 Å². The average Bonchev–Trinajstić information content (AvgIpc) is 2.66. The van der Waals surface area contributed by atoms with E-state index in [1.54, 1.807) is 25.1 Å². The lowest BCUT2D eigenvalue weighted by molar-refractivity contribution is -0.137. The first kappa shape index (κ1) is 19.7. The molecule has 1 unspecified atom stereocenters. The second kappa shape index (κ2) is 7.16. The van der Waals surface area contributed by atoms with Crippen LogP contribution in [0.15, 0.2) is 53.3 Å². The summed E-state index contributed by atoms with van der Waals surface area (Å²) in [6.45, 7) is 3.58. The number of fused-ring (bicyclic) bond motifs is 1. The first-order chi connectivity index (χ1) is 13.2. The van der Waals surface area contributed by atoms with E-state index in [0.717, 1.165) is 17.5 Å². The van der Waals surface area contributed by atoms with E-state index in [4.69, 9.17) is 0 Å². The van der Waals surface area contributed by atoms with Crippen LogP contribution >= 0.6 is 0 Å². The average molecular weight is 384 g/mol. The highest BCUT2D eigenvalue weighted by Crippen LogP contribution is 2.33. The number of pyridine rings is 1. The largest absolute Gasteiger partial charge is 0.416 e. The summed E-state index contributed by atoms with van der Waals surface area (Å²) in [7, 11) is 0. The topological polar surface area (TPSA) is 56.6 Å². The lowest BCUT2D eigenvalue weighted by Gasteiger charge is -2.23. The molecule has 1 aromatic heterocycles. The van der Waals surface area contributed by atoms with Gasteiger partial charge in [0.2, 0.25) is 0 Å². The second-order valence-corrected chi connectivity index (χ2v) is 7.10. The molecule has 1 heterocycles. The minimum absolute atomic E-state index is 0.121. The molecule has 6 heteroatoms. The van der Waals surface area contributed by atoms with Gasteiger partial charge in [-0.15, -0.1) is 0 Å². The molecule has 1 N–H and O–H groups in total. The molecule has 0 amide bonds. The summed E-state index contributed by atoms with van der Waals surface area (Å²) in [5.41, 5.74) is 0.383. The second-order valence-electron chi connectivity index (χ2n) is 7.10. The van der Waals surface area contributed by atoms with Gasteiger partial charge in [-0.1, -0.05) is 37.3 Å². The predicted octanol–water partition coefficient (Wildman–Crippen LogP) is 5.13. The van der Waals surface area contributed by atoms with Gasteiger partial charge in [-0.05, 0) is 54.5 Å². The standard InChI is InChI=1S/C22H19F3N2O/c1-3-15-10-16-7-8-17(11-19(16)27-20(15)28)21(2,13-26)12-14-5-4-6-18(9-14)22(23,24)25/h4-11H,3,12H2,1-2H3,(H,27,28). The monoisotopic (exact) mass is 384 g/mol. The number of halogens is 3. The van der Waals surface area contributed by atoms with Crippen LogP contribution in [0.5, 0.6) is 0 Å². The minimum atomic E-state index is -4.43. The van der Waals surface area contributed by atoms with Crippen LogP contribution in [0, 0.1) is 11.3 Å². The fourth-order valence-electron chi connectivity index (χ4n) is 3.32. The van der Waals surface area contributed by atoms with Crippen molar-refractivity contribution in [1.82, 2.24) is 4.98 Å². The molecule has 0 aliphatic rings. The summed E-state index contributed by atoms with van der Waals surface area (Å²) in [4.78, 5) is 14.9. The van der Waals surface area contributed by atoms with Gasteiger partial charge in [0, 0.05) is 11.1 Å². The molecule has 0 spiro atoms. The molecule has 3 rings (SSSR count). The number of benzene rings is 2. The number of rotatable bonds is 4. The highest BCUT2D eigenvalue weighted by Gasteiger charge is 2.32. The molecule has 0 bridgehead atoms. The maximum absolute atomic E-state index is 13.0. The van der Waals surface area contributed by atoms with Gasteiger partial charge < -0.3 is 4.98 Å². The molecule has 0 aliphatic heterocycles. The zero-order valence-electron chi connectivity index (χ0n) is 15.5. The molecule has 0 fully saturated rings. The van der Waals surface area contributed by atoms with Crippen LogP contribution in [0.3, 0.4) is 0 Å². The van der Waals surface area contributed by atoms with Gasteiger partial charge in [-0.2, -0.15) is 18.4 Å². The third-order valence-corrected chi connectivity index (χ3v) is 5.00. The third kappa shape index (κ3) is 3.79. The number of hydrogen-bond donors (Lipinski definition) is 1. The molecule has 0 radical (unpaired) electrons. The lowest BCUT2D eigenvalue weighted by atomic mass is 9.78. The molecule has 0 aliphatic carbocycles. The number of H-pyrrole nitrogens is 1. The normalized spacial score (nSPS) is 13.9. The fourth-order valence-corrected chi connectivity index (χ4v) is 3.32. The highest BCUT2D eigenvalue weighted by atomic mass is 19.4. The molecule has 144 valence electrons. The molecule has 2 aromatic carbocycles. The molecule has 1 atom stereocenters. The number of nitrogens with zero attached hydrogens (tertiary/aromatic N) is 1. The zero-order valence-corrected chi connectivity index (χ0v) is 15.5. The van der Waals surface area contributed by atoms with Gasteiger partial charge in [0.1, 0.15) is 0 Å². The number of aromatic nitrogens is 1. The Bertz CT molecular complexity index is 1130. The summed E-state index contributed by atoms with van der Waals surface area (Å²) in [5, 5.41) is 10.6. The molecule has 3 aromatic rings. The van der Waals surface area contributed by atoms with Gasteiger partial charge in [0.25, 0.3) is 5.56 Å². The molecule has 3 nitrogen and oxygen atoms in total. The van der Waals surface area contributed by atoms with Crippen molar-refractivity contribution in [2.75, 3.05) is 0 Å². The summed E-state index contributed by atoms with van der Waals surface area (Å²) in [5.74, 6) is 0. The van der Waals surface area contributed by atoms with E-state index in [1.807, 2.05) is 19.1 Å². The fraction of sp³-hybridized carbons (Fsp3) is 0.273. The van der Waals surface area contributed by atoms with Crippen molar-refractivity contribution >= 4 is 10.9 Å². The van der Waals surface area contributed by atoms with E-state index in [1.165, 1.54) is 6.07 Å². The van der Waals surface area contributed by atoms with E-state index in [0.29, 0.717) is 28.6 Å². The highest BCUT2D eigenvalue weighted by molar-refractivity contribution is 5.80. The van der Waals surface area contributed by atoms with Gasteiger partial charge in [-0.3, -0.25) is 4.79 Å². The third-order valence-electron chi connectivity index (χ3n) is 5.00. The van der Waals surface area contributed by atoms with E-state index >= 15 is 0 Å². The molecule has 28 heavy (non-hydrogen) atoms. The first-order valence-electron chi connectivity index (χ1n) is 8.90. The van der Waals surface area contributed by atoms with Crippen molar-refractivity contribution in [3.8, 4) is 6.07 Å². The van der Waals surface area contributed by atoms with Gasteiger partial charge >= 0.3 is 6.18 Å². The van der Waals surface area contributed by atoms with Crippen molar-refractivity contribution < 1.29 is 13.2 Å². The van der Waals surface area contributed by atoms with Gasteiger partial charge in [0.05, 0.1) is 17.0 Å². The van der Waals surface area contributed by atoms with Crippen molar-refractivity contribution in [2.45, 2.75) is 38.3 Å². The Hall–Kier alpha value is -3.07. The van der Waals surface area contributed by atoms with Gasteiger partial charge in [0.15, 0.2) is 0 Å². The van der Waals surface area contributed by atoms with Crippen molar-refractivity contribution in [1.29, 1.82) is 5.26 Å².